The van der Waals surface area contributed by atoms with Crippen molar-refractivity contribution < 1.29 is 23.1 Å². The van der Waals surface area contributed by atoms with E-state index >= 15 is 0 Å². The van der Waals surface area contributed by atoms with Crippen LogP contribution in [0.4, 0.5) is 13.2 Å². The number of benzene rings is 2. The van der Waals surface area contributed by atoms with Crippen LogP contribution in [0, 0.1) is 6.92 Å². The van der Waals surface area contributed by atoms with E-state index in [1.807, 2.05) is 37.4 Å². The Bertz CT molecular complexity index is 1240. The summed E-state index contributed by atoms with van der Waals surface area (Å²) in [5.41, 5.74) is 2.81. The molecular weight excluding hydrogens is 425 g/mol. The van der Waals surface area contributed by atoms with Gasteiger partial charge in [0.05, 0.1) is 17.8 Å². The van der Waals surface area contributed by atoms with E-state index in [0.717, 1.165) is 39.2 Å². The molecule has 0 amide bonds. The van der Waals surface area contributed by atoms with Crippen LogP contribution in [0.15, 0.2) is 54.7 Å². The fraction of sp³-hybridized carbons (Fsp3) is 0.217. The van der Waals surface area contributed by atoms with Crippen LogP contribution < -0.4 is 0 Å². The number of carbonyl (C=O) groups is 1. The van der Waals surface area contributed by atoms with Crippen molar-refractivity contribution in [3.05, 3.63) is 76.4 Å². The zero-order valence-corrected chi connectivity index (χ0v) is 17.4. The summed E-state index contributed by atoms with van der Waals surface area (Å²) in [6.07, 6.45) is -1.85. The predicted molar refractivity (Wildman–Crippen MR) is 114 cm³/mol. The molecule has 160 valence electrons. The van der Waals surface area contributed by atoms with Crippen LogP contribution in [0.1, 0.15) is 28.1 Å². The number of hydrogen-bond donors (Lipinski definition) is 1. The first-order valence-electron chi connectivity index (χ1n) is 9.65. The van der Waals surface area contributed by atoms with E-state index in [1.54, 1.807) is 0 Å². The summed E-state index contributed by atoms with van der Waals surface area (Å²) < 4.78 is 40.5. The van der Waals surface area contributed by atoms with Gasteiger partial charge in [-0.1, -0.05) is 24.3 Å². The monoisotopic (exact) mass is 444 g/mol. The summed E-state index contributed by atoms with van der Waals surface area (Å²) in [6.45, 7) is 2.47. The average molecular weight is 444 g/mol. The Morgan fingerprint density at radius 1 is 1.13 bits per heavy atom. The molecule has 0 atom stereocenters. The molecule has 0 aliphatic rings. The Morgan fingerprint density at radius 3 is 2.55 bits per heavy atom. The molecule has 0 aliphatic heterocycles. The molecule has 8 heteroatoms. The summed E-state index contributed by atoms with van der Waals surface area (Å²) >= 11 is 1.46. The van der Waals surface area contributed by atoms with Gasteiger partial charge in [0.15, 0.2) is 0 Å². The Hall–Kier alpha value is -3.13. The van der Waals surface area contributed by atoms with Gasteiger partial charge in [0.2, 0.25) is 0 Å². The zero-order valence-electron chi connectivity index (χ0n) is 16.6. The quantitative estimate of drug-likeness (QED) is 0.388. The van der Waals surface area contributed by atoms with Crippen LogP contribution in [0.25, 0.3) is 21.5 Å². The number of alkyl halides is 3. The molecule has 4 rings (SSSR count). The Labute approximate surface area is 180 Å². The number of hydrogen-bond acceptors (Lipinski definition) is 3. The lowest BCUT2D eigenvalue weighted by Gasteiger charge is -2.07. The largest absolute Gasteiger partial charge is 0.481 e. The van der Waals surface area contributed by atoms with Crippen molar-refractivity contribution in [3.63, 3.8) is 0 Å². The lowest BCUT2D eigenvalue weighted by atomic mass is 10.1. The van der Waals surface area contributed by atoms with E-state index in [0.29, 0.717) is 23.5 Å². The summed E-state index contributed by atoms with van der Waals surface area (Å²) in [4.78, 5) is 16.5. The molecule has 1 N–H and O–H groups in total. The summed E-state index contributed by atoms with van der Waals surface area (Å²) in [6, 6.07) is 12.9. The van der Waals surface area contributed by atoms with Crippen molar-refractivity contribution in [2.45, 2.75) is 32.5 Å². The molecule has 0 radical (unpaired) electrons. The highest BCUT2D eigenvalue weighted by molar-refractivity contribution is 7.15. The van der Waals surface area contributed by atoms with Gasteiger partial charge < -0.3 is 9.67 Å². The first-order chi connectivity index (χ1) is 14.7. The van der Waals surface area contributed by atoms with Gasteiger partial charge in [0.1, 0.15) is 5.01 Å². The third kappa shape index (κ3) is 4.49. The van der Waals surface area contributed by atoms with Gasteiger partial charge in [0, 0.05) is 34.0 Å². The zero-order chi connectivity index (χ0) is 22.2. The number of fused-ring (bicyclic) bond motifs is 1. The number of carboxylic acids is 1. The molecule has 2 aromatic heterocycles. The van der Waals surface area contributed by atoms with E-state index < -0.39 is 17.7 Å². The number of aromatic nitrogens is 2. The Morgan fingerprint density at radius 2 is 1.87 bits per heavy atom. The van der Waals surface area contributed by atoms with Crippen LogP contribution in [0.3, 0.4) is 0 Å². The van der Waals surface area contributed by atoms with Gasteiger partial charge >= 0.3 is 12.1 Å². The summed E-state index contributed by atoms with van der Waals surface area (Å²) in [5.74, 6) is -0.826. The van der Waals surface area contributed by atoms with E-state index in [-0.39, 0.29) is 6.42 Å². The smallest absolute Gasteiger partial charge is 0.416 e. The van der Waals surface area contributed by atoms with Crippen molar-refractivity contribution >= 4 is 28.2 Å². The summed E-state index contributed by atoms with van der Waals surface area (Å²) in [7, 11) is 0. The predicted octanol–water partition coefficient (Wildman–Crippen LogP) is 6.16. The molecule has 2 heterocycles. The molecular formula is C23H19F3N2O2S. The molecule has 0 fully saturated rings. The topological polar surface area (TPSA) is 55.1 Å². The molecule has 4 aromatic rings. The molecule has 0 aliphatic carbocycles. The van der Waals surface area contributed by atoms with Gasteiger partial charge in [-0.05, 0) is 43.2 Å². The molecule has 4 nitrogen and oxygen atoms in total. The van der Waals surface area contributed by atoms with Crippen molar-refractivity contribution in [2.75, 3.05) is 0 Å². The maximum absolute atomic E-state index is 12.8. The van der Waals surface area contributed by atoms with Crippen molar-refractivity contribution in [1.29, 1.82) is 0 Å². The standard InChI is InChI=1S/C23H19F3N2O2S/c1-14-20(31-22(27-14)16-5-8-17(9-6-16)23(24,25)26)13-28-12-11-18-15(7-10-21(29)30)3-2-4-19(18)28/h2-6,8-9,11-12H,7,10,13H2,1H3,(H,29,30). The molecule has 0 saturated carbocycles. The van der Waals surface area contributed by atoms with Crippen LogP contribution in [-0.2, 0) is 23.9 Å². The highest BCUT2D eigenvalue weighted by Gasteiger charge is 2.30. The number of rotatable bonds is 6. The third-order valence-corrected chi connectivity index (χ3v) is 6.37. The van der Waals surface area contributed by atoms with Crippen molar-refractivity contribution in [2.24, 2.45) is 0 Å². The number of aliphatic carboxylic acids is 1. The number of carboxylic acid groups (broad SMARTS) is 1. The van der Waals surface area contributed by atoms with E-state index in [9.17, 15) is 18.0 Å². The van der Waals surface area contributed by atoms with Crippen LogP contribution >= 0.6 is 11.3 Å². The minimum Gasteiger partial charge on any atom is -0.481 e. The molecule has 31 heavy (non-hydrogen) atoms. The SMILES string of the molecule is Cc1nc(-c2ccc(C(F)(F)F)cc2)sc1Cn1ccc2c(CCC(=O)O)cccc21. The van der Waals surface area contributed by atoms with Crippen molar-refractivity contribution in [1.82, 2.24) is 9.55 Å². The second-order valence-corrected chi connectivity index (χ2v) is 8.37. The number of halogens is 3. The first kappa shape index (κ1) is 21.1. The Kier molecular flexibility index (Phi) is 5.58. The molecule has 0 bridgehead atoms. The third-order valence-electron chi connectivity index (χ3n) is 5.18. The molecule has 0 unspecified atom stereocenters. The first-order valence-corrected chi connectivity index (χ1v) is 10.5. The van der Waals surface area contributed by atoms with Gasteiger partial charge in [-0.2, -0.15) is 13.2 Å². The Balaban J connectivity index is 1.59. The van der Waals surface area contributed by atoms with Crippen molar-refractivity contribution in [3.8, 4) is 10.6 Å². The fourth-order valence-electron chi connectivity index (χ4n) is 3.54. The molecule has 0 spiro atoms. The lowest BCUT2D eigenvalue weighted by molar-refractivity contribution is -0.138. The summed E-state index contributed by atoms with van der Waals surface area (Å²) in [5, 5.41) is 10.7. The average Bonchev–Trinajstić information content (AvgIpc) is 3.30. The maximum atomic E-state index is 12.8. The lowest BCUT2D eigenvalue weighted by Crippen LogP contribution is -2.03. The van der Waals surface area contributed by atoms with Crippen LogP contribution in [0.5, 0.6) is 0 Å². The second-order valence-electron chi connectivity index (χ2n) is 7.29. The highest BCUT2D eigenvalue weighted by atomic mass is 32.1. The van der Waals surface area contributed by atoms with Gasteiger partial charge in [-0.25, -0.2) is 4.98 Å². The maximum Gasteiger partial charge on any atom is 0.416 e. The molecule has 2 aromatic carbocycles. The second kappa shape index (κ2) is 8.19. The van der Waals surface area contributed by atoms with Crippen LogP contribution in [0.2, 0.25) is 0 Å². The number of thiazole rings is 1. The van der Waals surface area contributed by atoms with E-state index in [4.69, 9.17) is 5.11 Å². The van der Waals surface area contributed by atoms with Gasteiger partial charge in [0.25, 0.3) is 0 Å². The van der Waals surface area contributed by atoms with Gasteiger partial charge in [-0.15, -0.1) is 11.3 Å². The van der Waals surface area contributed by atoms with E-state index in [2.05, 4.69) is 9.55 Å². The molecule has 0 saturated heterocycles. The fourth-order valence-corrected chi connectivity index (χ4v) is 4.61. The normalized spacial score (nSPS) is 11.9. The minimum absolute atomic E-state index is 0.0781. The highest BCUT2D eigenvalue weighted by Crippen LogP contribution is 2.33. The van der Waals surface area contributed by atoms with Crippen LogP contribution in [-0.4, -0.2) is 20.6 Å². The minimum atomic E-state index is -4.36. The van der Waals surface area contributed by atoms with E-state index in [1.165, 1.54) is 23.5 Å². The van der Waals surface area contributed by atoms with Gasteiger partial charge in [-0.3, -0.25) is 4.79 Å². The number of nitrogens with zero attached hydrogens (tertiary/aromatic N) is 2. The number of aryl methyl sites for hydroxylation is 2.